The van der Waals surface area contributed by atoms with Crippen LogP contribution in [0.3, 0.4) is 0 Å². The number of hydrogen-bond acceptors (Lipinski definition) is 3. The van der Waals surface area contributed by atoms with Gasteiger partial charge in [0.25, 0.3) is 0 Å². The van der Waals surface area contributed by atoms with E-state index in [-0.39, 0.29) is 13.0 Å². The Morgan fingerprint density at radius 2 is 2.23 bits per heavy atom. The Bertz CT molecular complexity index is 531. The zero-order valence-corrected chi connectivity index (χ0v) is 12.2. The molecule has 0 fully saturated rings. The van der Waals surface area contributed by atoms with Crippen LogP contribution in [0.1, 0.15) is 31.7 Å². The molecule has 122 valence electrons. The van der Waals surface area contributed by atoms with Crippen molar-refractivity contribution in [3.8, 4) is 5.75 Å². The fourth-order valence-corrected chi connectivity index (χ4v) is 2.34. The van der Waals surface area contributed by atoms with Gasteiger partial charge < -0.3 is 9.47 Å². The van der Waals surface area contributed by atoms with E-state index < -0.39 is 24.8 Å². The monoisotopic (exact) mass is 317 g/mol. The van der Waals surface area contributed by atoms with E-state index in [1.165, 1.54) is 0 Å². The summed E-state index contributed by atoms with van der Waals surface area (Å²) in [6.07, 6.45) is -4.83. The number of carbonyl (C=O) groups is 1. The Kier molecular flexibility index (Phi) is 5.15. The molecule has 0 radical (unpaired) electrons. The van der Waals surface area contributed by atoms with Crippen molar-refractivity contribution in [1.82, 2.24) is 0 Å². The number of ether oxygens (including phenoxy) is 2. The molecule has 0 saturated heterocycles. The molecule has 1 aromatic rings. The number of amides is 1. The van der Waals surface area contributed by atoms with E-state index in [1.54, 1.807) is 25.1 Å². The topological polar surface area (TPSA) is 47.6 Å². The molecule has 1 aromatic carbocycles. The second-order valence-electron chi connectivity index (χ2n) is 5.10. The van der Waals surface area contributed by atoms with Crippen molar-refractivity contribution in [2.75, 3.05) is 11.9 Å². The van der Waals surface area contributed by atoms with Crippen molar-refractivity contribution in [2.24, 2.45) is 0 Å². The standard InChI is InChI=1S/C15H18F3NO3/c1-2-21-14(20)19-11-4-6-13-10(9-11)3-5-12(22-13)7-8-15(16,17)18/h4,6,9,12H,2-3,5,7-8H2,1H3,(H,19,20)/t12-/m0/s1. The predicted octanol–water partition coefficient (Wildman–Crippen LogP) is 4.29. The average Bonchev–Trinajstić information content (AvgIpc) is 2.44. The molecule has 2 rings (SSSR count). The van der Waals surface area contributed by atoms with E-state index >= 15 is 0 Å². The second-order valence-corrected chi connectivity index (χ2v) is 5.10. The van der Waals surface area contributed by atoms with Crippen LogP contribution in [0.25, 0.3) is 0 Å². The van der Waals surface area contributed by atoms with E-state index in [4.69, 9.17) is 9.47 Å². The molecule has 7 heteroatoms. The lowest BCUT2D eigenvalue weighted by atomic mass is 9.99. The van der Waals surface area contributed by atoms with E-state index in [9.17, 15) is 18.0 Å². The number of nitrogens with one attached hydrogen (secondary N) is 1. The third-order valence-corrected chi connectivity index (χ3v) is 3.36. The van der Waals surface area contributed by atoms with Crippen molar-refractivity contribution in [1.29, 1.82) is 0 Å². The highest BCUT2D eigenvalue weighted by Crippen LogP contribution is 2.33. The zero-order valence-electron chi connectivity index (χ0n) is 12.2. The maximum atomic E-state index is 12.2. The lowest BCUT2D eigenvalue weighted by molar-refractivity contribution is -0.139. The summed E-state index contributed by atoms with van der Waals surface area (Å²) in [5, 5.41) is 2.58. The fourth-order valence-electron chi connectivity index (χ4n) is 2.34. The first kappa shape index (κ1) is 16.5. The Hall–Kier alpha value is -1.92. The molecule has 0 aliphatic carbocycles. The number of rotatable bonds is 4. The van der Waals surface area contributed by atoms with Gasteiger partial charge in [0.1, 0.15) is 5.75 Å². The van der Waals surface area contributed by atoms with Crippen molar-refractivity contribution in [3.63, 3.8) is 0 Å². The van der Waals surface area contributed by atoms with Gasteiger partial charge in [-0.25, -0.2) is 4.79 Å². The number of benzene rings is 1. The Morgan fingerprint density at radius 1 is 1.45 bits per heavy atom. The van der Waals surface area contributed by atoms with Crippen molar-refractivity contribution in [3.05, 3.63) is 23.8 Å². The smallest absolute Gasteiger partial charge is 0.411 e. The highest BCUT2D eigenvalue weighted by atomic mass is 19.4. The minimum Gasteiger partial charge on any atom is -0.490 e. The third-order valence-electron chi connectivity index (χ3n) is 3.36. The predicted molar refractivity (Wildman–Crippen MR) is 75.1 cm³/mol. The Morgan fingerprint density at radius 3 is 2.91 bits per heavy atom. The maximum absolute atomic E-state index is 12.2. The van der Waals surface area contributed by atoms with Gasteiger partial charge in [-0.3, -0.25) is 5.32 Å². The second kappa shape index (κ2) is 6.89. The highest BCUT2D eigenvalue weighted by Gasteiger charge is 2.30. The molecular formula is C15H18F3NO3. The van der Waals surface area contributed by atoms with Gasteiger partial charge in [-0.1, -0.05) is 0 Å². The summed E-state index contributed by atoms with van der Waals surface area (Å²) in [5.74, 6) is 0.577. The molecule has 1 atom stereocenters. The quantitative estimate of drug-likeness (QED) is 0.901. The molecule has 0 saturated carbocycles. The average molecular weight is 317 g/mol. The van der Waals surface area contributed by atoms with Crippen LogP contribution in [-0.4, -0.2) is 25.0 Å². The molecule has 0 bridgehead atoms. The molecule has 22 heavy (non-hydrogen) atoms. The maximum Gasteiger partial charge on any atom is 0.411 e. The van der Waals surface area contributed by atoms with Gasteiger partial charge in [0.15, 0.2) is 0 Å². The van der Waals surface area contributed by atoms with Crippen LogP contribution in [0.4, 0.5) is 23.7 Å². The number of anilines is 1. The van der Waals surface area contributed by atoms with Crippen LogP contribution < -0.4 is 10.1 Å². The van der Waals surface area contributed by atoms with Gasteiger partial charge in [-0.05, 0) is 49.9 Å². The van der Waals surface area contributed by atoms with E-state index in [0.717, 1.165) is 5.56 Å². The van der Waals surface area contributed by atoms with Crippen LogP contribution in [-0.2, 0) is 11.2 Å². The summed E-state index contributed by atoms with van der Waals surface area (Å²) in [4.78, 5) is 11.3. The highest BCUT2D eigenvalue weighted by molar-refractivity contribution is 5.84. The molecule has 1 heterocycles. The SMILES string of the molecule is CCOC(=O)Nc1ccc2c(c1)CC[C@@H](CCC(F)(F)F)O2. The van der Waals surface area contributed by atoms with Gasteiger partial charge in [0, 0.05) is 12.1 Å². The van der Waals surface area contributed by atoms with Crippen LogP contribution in [0.2, 0.25) is 0 Å². The minimum atomic E-state index is -4.16. The molecule has 1 N–H and O–H groups in total. The van der Waals surface area contributed by atoms with Gasteiger partial charge >= 0.3 is 12.3 Å². The minimum absolute atomic E-state index is 0.0359. The summed E-state index contributed by atoms with van der Waals surface area (Å²) < 4.78 is 47.1. The number of fused-ring (bicyclic) bond motifs is 1. The van der Waals surface area contributed by atoms with Gasteiger partial charge in [-0.2, -0.15) is 13.2 Å². The first-order chi connectivity index (χ1) is 10.4. The summed E-state index contributed by atoms with van der Waals surface area (Å²) in [7, 11) is 0. The lowest BCUT2D eigenvalue weighted by Crippen LogP contribution is -2.25. The number of aryl methyl sites for hydroxylation is 1. The van der Waals surface area contributed by atoms with Gasteiger partial charge in [-0.15, -0.1) is 0 Å². The largest absolute Gasteiger partial charge is 0.490 e. The van der Waals surface area contributed by atoms with Crippen molar-refractivity contribution >= 4 is 11.8 Å². The fraction of sp³-hybridized carbons (Fsp3) is 0.533. The van der Waals surface area contributed by atoms with E-state index in [0.29, 0.717) is 24.3 Å². The molecule has 1 amide bonds. The Balaban J connectivity index is 1.95. The zero-order chi connectivity index (χ0) is 16.2. The summed E-state index contributed by atoms with van der Waals surface area (Å²) in [6, 6.07) is 5.06. The Labute approximate surface area is 126 Å². The molecular weight excluding hydrogens is 299 g/mol. The van der Waals surface area contributed by atoms with Crippen LogP contribution in [0.5, 0.6) is 5.75 Å². The lowest BCUT2D eigenvalue weighted by Gasteiger charge is -2.26. The molecule has 1 aliphatic heterocycles. The molecule has 0 unspecified atom stereocenters. The molecule has 1 aliphatic rings. The normalized spacial score (nSPS) is 17.4. The molecule has 4 nitrogen and oxygen atoms in total. The third kappa shape index (κ3) is 4.82. The van der Waals surface area contributed by atoms with Crippen molar-refractivity contribution < 1.29 is 27.4 Å². The van der Waals surface area contributed by atoms with Gasteiger partial charge in [0.05, 0.1) is 12.7 Å². The number of hydrogen-bond donors (Lipinski definition) is 1. The van der Waals surface area contributed by atoms with E-state index in [1.807, 2.05) is 0 Å². The number of alkyl halides is 3. The summed E-state index contributed by atoms with van der Waals surface area (Å²) in [5.41, 5.74) is 1.45. The van der Waals surface area contributed by atoms with Crippen LogP contribution in [0, 0.1) is 0 Å². The van der Waals surface area contributed by atoms with Crippen LogP contribution in [0.15, 0.2) is 18.2 Å². The summed E-state index contributed by atoms with van der Waals surface area (Å²) >= 11 is 0. The molecule has 0 spiro atoms. The first-order valence-electron chi connectivity index (χ1n) is 7.17. The number of halogens is 3. The molecule has 0 aromatic heterocycles. The first-order valence-corrected chi connectivity index (χ1v) is 7.17. The van der Waals surface area contributed by atoms with E-state index in [2.05, 4.69) is 5.32 Å². The van der Waals surface area contributed by atoms with Gasteiger partial charge in [0.2, 0.25) is 0 Å². The number of carbonyl (C=O) groups excluding carboxylic acids is 1. The van der Waals surface area contributed by atoms with Crippen molar-refractivity contribution in [2.45, 2.75) is 44.9 Å². The summed E-state index contributed by atoms with van der Waals surface area (Å²) in [6.45, 7) is 1.99. The van der Waals surface area contributed by atoms with Crippen LogP contribution >= 0.6 is 0 Å².